The molecule has 0 aliphatic carbocycles. The molecule has 0 saturated carbocycles. The van der Waals surface area contributed by atoms with Gasteiger partial charge in [-0.3, -0.25) is 4.79 Å². The van der Waals surface area contributed by atoms with Gasteiger partial charge in [-0.05, 0) is 35.4 Å². The van der Waals surface area contributed by atoms with Gasteiger partial charge in [-0.25, -0.2) is 0 Å². The molecular weight excluding hydrogens is 304 g/mol. The van der Waals surface area contributed by atoms with Crippen molar-refractivity contribution >= 4 is 28.5 Å². The van der Waals surface area contributed by atoms with Crippen LogP contribution in [0.1, 0.15) is 13.3 Å². The summed E-state index contributed by atoms with van der Waals surface area (Å²) in [5.74, 6) is 0.426. The van der Waals surface area contributed by atoms with Gasteiger partial charge < -0.3 is 4.74 Å². The Morgan fingerprint density at radius 2 is 1.74 bits per heavy atom. The van der Waals surface area contributed by atoms with Crippen LogP contribution >= 0.6 is 11.8 Å². The van der Waals surface area contributed by atoms with Gasteiger partial charge in [0.05, 0.1) is 0 Å². The van der Waals surface area contributed by atoms with Gasteiger partial charge in [-0.2, -0.15) is 0 Å². The number of thioether (sulfide) groups is 1. The summed E-state index contributed by atoms with van der Waals surface area (Å²) in [5.41, 5.74) is 1.99. The molecule has 0 amide bonds. The van der Waals surface area contributed by atoms with Gasteiger partial charge in [-0.1, -0.05) is 49.4 Å². The SMILES string of the molecule is CCC(=O)Oc1c(-c2ccc(SC)cc2)ccc2ccccc12. The molecule has 2 nitrogen and oxygen atoms in total. The molecular formula is C20H18O2S. The first-order valence-electron chi connectivity index (χ1n) is 7.59. The molecule has 3 rings (SSSR count). The van der Waals surface area contributed by atoms with Crippen LogP contribution < -0.4 is 4.74 Å². The van der Waals surface area contributed by atoms with Crippen LogP contribution in [0.5, 0.6) is 5.75 Å². The van der Waals surface area contributed by atoms with Crippen LogP contribution in [0.3, 0.4) is 0 Å². The molecule has 3 aromatic carbocycles. The molecule has 0 bridgehead atoms. The highest BCUT2D eigenvalue weighted by Gasteiger charge is 2.14. The fraction of sp³-hybridized carbons (Fsp3) is 0.150. The fourth-order valence-corrected chi connectivity index (χ4v) is 2.95. The van der Waals surface area contributed by atoms with E-state index in [1.807, 2.05) is 30.3 Å². The number of fused-ring (bicyclic) bond motifs is 1. The summed E-state index contributed by atoms with van der Waals surface area (Å²) in [5, 5.41) is 2.02. The predicted molar refractivity (Wildman–Crippen MR) is 97.1 cm³/mol. The number of hydrogen-bond donors (Lipinski definition) is 0. The van der Waals surface area contributed by atoms with Crippen LogP contribution in [0, 0.1) is 0 Å². The van der Waals surface area contributed by atoms with E-state index in [9.17, 15) is 4.79 Å². The average molecular weight is 322 g/mol. The first-order chi connectivity index (χ1) is 11.2. The maximum absolute atomic E-state index is 11.9. The third kappa shape index (κ3) is 3.25. The number of carbonyl (C=O) groups is 1. The van der Waals surface area contributed by atoms with E-state index in [0.717, 1.165) is 21.9 Å². The zero-order chi connectivity index (χ0) is 16.2. The second kappa shape index (κ2) is 6.88. The van der Waals surface area contributed by atoms with Crippen LogP contribution in [-0.4, -0.2) is 12.2 Å². The van der Waals surface area contributed by atoms with Gasteiger partial charge in [0.15, 0.2) is 0 Å². The lowest BCUT2D eigenvalue weighted by Gasteiger charge is -2.13. The molecule has 0 aliphatic rings. The zero-order valence-electron chi connectivity index (χ0n) is 13.2. The number of ether oxygens (including phenoxy) is 1. The van der Waals surface area contributed by atoms with E-state index in [1.54, 1.807) is 18.7 Å². The molecule has 0 radical (unpaired) electrons. The summed E-state index contributed by atoms with van der Waals surface area (Å²) < 4.78 is 5.67. The summed E-state index contributed by atoms with van der Waals surface area (Å²) in [6.45, 7) is 1.81. The van der Waals surface area contributed by atoms with E-state index in [1.165, 1.54) is 4.90 Å². The van der Waals surface area contributed by atoms with Gasteiger partial charge in [0.2, 0.25) is 0 Å². The third-order valence-electron chi connectivity index (χ3n) is 3.79. The van der Waals surface area contributed by atoms with Crippen molar-refractivity contribution in [3.8, 4) is 16.9 Å². The average Bonchev–Trinajstić information content (AvgIpc) is 2.62. The summed E-state index contributed by atoms with van der Waals surface area (Å²) in [7, 11) is 0. The molecule has 23 heavy (non-hydrogen) atoms. The minimum atomic E-state index is -0.219. The Hall–Kier alpha value is -2.26. The Bertz CT molecular complexity index is 838. The number of hydrogen-bond acceptors (Lipinski definition) is 3. The van der Waals surface area contributed by atoms with Crippen LogP contribution in [0.25, 0.3) is 21.9 Å². The Labute approximate surface area is 140 Å². The van der Waals surface area contributed by atoms with E-state index in [-0.39, 0.29) is 5.97 Å². The molecule has 0 heterocycles. The lowest BCUT2D eigenvalue weighted by Crippen LogP contribution is -2.07. The first-order valence-corrected chi connectivity index (χ1v) is 8.82. The van der Waals surface area contributed by atoms with Crippen molar-refractivity contribution in [1.29, 1.82) is 0 Å². The van der Waals surface area contributed by atoms with Gasteiger partial charge >= 0.3 is 5.97 Å². The van der Waals surface area contributed by atoms with Crippen molar-refractivity contribution in [2.45, 2.75) is 18.2 Å². The maximum atomic E-state index is 11.9. The normalized spacial score (nSPS) is 10.7. The third-order valence-corrected chi connectivity index (χ3v) is 4.53. The van der Waals surface area contributed by atoms with E-state index in [4.69, 9.17) is 4.74 Å². The van der Waals surface area contributed by atoms with Crippen molar-refractivity contribution in [2.24, 2.45) is 0 Å². The van der Waals surface area contributed by atoms with E-state index in [2.05, 4.69) is 36.6 Å². The van der Waals surface area contributed by atoms with Crippen molar-refractivity contribution in [3.63, 3.8) is 0 Å². The quantitative estimate of drug-likeness (QED) is 0.358. The lowest BCUT2D eigenvalue weighted by molar-refractivity contribution is -0.133. The fourth-order valence-electron chi connectivity index (χ4n) is 2.54. The largest absolute Gasteiger partial charge is 0.425 e. The Morgan fingerprint density at radius 3 is 2.43 bits per heavy atom. The Morgan fingerprint density at radius 1 is 1.00 bits per heavy atom. The summed E-state index contributed by atoms with van der Waals surface area (Å²) in [6.07, 6.45) is 2.41. The highest BCUT2D eigenvalue weighted by Crippen LogP contribution is 2.37. The molecule has 0 fully saturated rings. The molecule has 0 spiro atoms. The second-order valence-electron chi connectivity index (χ2n) is 5.22. The second-order valence-corrected chi connectivity index (χ2v) is 6.10. The molecule has 3 aromatic rings. The zero-order valence-corrected chi connectivity index (χ0v) is 14.0. The van der Waals surface area contributed by atoms with Crippen LogP contribution in [0.15, 0.2) is 65.6 Å². The molecule has 0 N–H and O–H groups in total. The minimum Gasteiger partial charge on any atom is -0.425 e. The summed E-state index contributed by atoms with van der Waals surface area (Å²) in [6, 6.07) is 20.4. The lowest BCUT2D eigenvalue weighted by atomic mass is 9.99. The number of rotatable bonds is 4. The van der Waals surface area contributed by atoms with Gasteiger partial charge in [0, 0.05) is 22.3 Å². The standard InChI is InChI=1S/C20H18O2S/c1-3-19(21)22-20-17-7-5-4-6-14(17)10-13-18(20)15-8-11-16(23-2)12-9-15/h4-13H,3H2,1-2H3. The van der Waals surface area contributed by atoms with Crippen LogP contribution in [0.2, 0.25) is 0 Å². The summed E-state index contributed by atoms with van der Waals surface area (Å²) in [4.78, 5) is 13.1. The van der Waals surface area contributed by atoms with Gasteiger partial charge in [0.25, 0.3) is 0 Å². The monoisotopic (exact) mass is 322 g/mol. The predicted octanol–water partition coefficient (Wildman–Crippen LogP) is 5.54. The van der Waals surface area contributed by atoms with Gasteiger partial charge in [-0.15, -0.1) is 11.8 Å². The smallest absolute Gasteiger partial charge is 0.310 e. The van der Waals surface area contributed by atoms with Crippen molar-refractivity contribution in [3.05, 3.63) is 60.7 Å². The maximum Gasteiger partial charge on any atom is 0.310 e. The first kappa shape index (κ1) is 15.6. The van der Waals surface area contributed by atoms with E-state index < -0.39 is 0 Å². The molecule has 0 aliphatic heterocycles. The highest BCUT2D eigenvalue weighted by molar-refractivity contribution is 7.98. The van der Waals surface area contributed by atoms with Crippen molar-refractivity contribution in [1.82, 2.24) is 0 Å². The molecule has 0 atom stereocenters. The van der Waals surface area contributed by atoms with E-state index in [0.29, 0.717) is 12.2 Å². The molecule has 0 unspecified atom stereocenters. The minimum absolute atomic E-state index is 0.219. The van der Waals surface area contributed by atoms with Gasteiger partial charge in [0.1, 0.15) is 5.75 Å². The number of carbonyl (C=O) groups excluding carboxylic acids is 1. The Balaban J connectivity index is 2.17. The van der Waals surface area contributed by atoms with Crippen LogP contribution in [0.4, 0.5) is 0 Å². The van der Waals surface area contributed by atoms with Crippen LogP contribution in [-0.2, 0) is 4.79 Å². The number of benzene rings is 3. The topological polar surface area (TPSA) is 26.3 Å². The molecule has 116 valence electrons. The Kier molecular flexibility index (Phi) is 4.68. The number of esters is 1. The van der Waals surface area contributed by atoms with Crippen molar-refractivity contribution in [2.75, 3.05) is 6.26 Å². The van der Waals surface area contributed by atoms with E-state index >= 15 is 0 Å². The highest BCUT2D eigenvalue weighted by atomic mass is 32.2. The molecule has 3 heteroatoms. The van der Waals surface area contributed by atoms with Crippen molar-refractivity contribution < 1.29 is 9.53 Å². The summed E-state index contributed by atoms with van der Waals surface area (Å²) >= 11 is 1.71. The molecule has 0 aromatic heterocycles. The molecule has 0 saturated heterocycles.